The van der Waals surface area contributed by atoms with Crippen LogP contribution < -0.4 is 10.5 Å². The molecule has 2 aliphatic rings. The van der Waals surface area contributed by atoms with E-state index in [1.807, 2.05) is 0 Å². The topological polar surface area (TPSA) is 102 Å². The van der Waals surface area contributed by atoms with E-state index in [-0.39, 0.29) is 34.9 Å². The van der Waals surface area contributed by atoms with E-state index in [1.165, 1.54) is 12.1 Å². The molecule has 0 aromatic heterocycles. The van der Waals surface area contributed by atoms with Gasteiger partial charge in [0.05, 0.1) is 11.0 Å². The van der Waals surface area contributed by atoms with Crippen molar-refractivity contribution < 1.29 is 17.9 Å². The minimum atomic E-state index is -3.61. The van der Waals surface area contributed by atoms with Gasteiger partial charge in [-0.25, -0.2) is 13.1 Å². The van der Waals surface area contributed by atoms with Crippen molar-refractivity contribution in [2.75, 3.05) is 26.2 Å². The maximum Gasteiger partial charge on any atom is 0.253 e. The summed E-state index contributed by atoms with van der Waals surface area (Å²) in [6.07, 6.45) is 2.53. The van der Waals surface area contributed by atoms with E-state index in [4.69, 9.17) is 10.5 Å². The van der Waals surface area contributed by atoms with Crippen molar-refractivity contribution in [3.05, 3.63) is 29.8 Å². The Morgan fingerprint density at radius 2 is 2.00 bits per heavy atom. The lowest BCUT2D eigenvalue weighted by Crippen LogP contribution is -2.54. The van der Waals surface area contributed by atoms with Gasteiger partial charge in [0.2, 0.25) is 10.0 Å². The number of piperidine rings is 1. The number of hydrogen-bond acceptors (Lipinski definition) is 5. The Balaban J connectivity index is 1.64. The van der Waals surface area contributed by atoms with Crippen molar-refractivity contribution >= 4 is 15.9 Å². The van der Waals surface area contributed by atoms with Gasteiger partial charge in [0.15, 0.2) is 0 Å². The number of amides is 1. The third-order valence-corrected chi connectivity index (χ3v) is 6.98. The second-order valence-electron chi connectivity index (χ2n) is 8.12. The zero-order valence-electron chi connectivity index (χ0n) is 16.0. The molecular formula is C19H29N3O4S. The number of carbonyl (C=O) groups excluding carboxylic acids is 1. The summed E-state index contributed by atoms with van der Waals surface area (Å²) >= 11 is 0. The number of carbonyl (C=O) groups is 1. The molecule has 0 aliphatic carbocycles. The molecule has 0 saturated carbocycles. The fourth-order valence-corrected chi connectivity index (χ4v) is 4.66. The number of ether oxygens (including phenoxy) is 1. The highest BCUT2D eigenvalue weighted by molar-refractivity contribution is 7.89. The van der Waals surface area contributed by atoms with Gasteiger partial charge in [0.1, 0.15) is 0 Å². The number of sulfonamides is 1. The number of benzene rings is 1. The van der Waals surface area contributed by atoms with E-state index in [0.29, 0.717) is 25.3 Å². The van der Waals surface area contributed by atoms with Crippen LogP contribution in [0.3, 0.4) is 0 Å². The Hall–Kier alpha value is -1.48. The Kier molecular flexibility index (Phi) is 5.90. The van der Waals surface area contributed by atoms with E-state index < -0.39 is 10.0 Å². The van der Waals surface area contributed by atoms with Crippen molar-refractivity contribution in [2.45, 2.75) is 50.2 Å². The van der Waals surface area contributed by atoms with Crippen molar-refractivity contribution in [3.63, 3.8) is 0 Å². The van der Waals surface area contributed by atoms with Crippen molar-refractivity contribution in [3.8, 4) is 0 Å². The standard InChI is InChI=1S/C19H29N3O4S/c1-19(2)13-22(10-9-17(19)20)18(23)14-5-7-16(8-6-14)27(24,25)21-12-15-4-3-11-26-15/h5-8,15,17,21H,3-4,9-13,20H2,1-2H3. The van der Waals surface area contributed by atoms with Crippen LogP contribution in [-0.4, -0.2) is 57.6 Å². The molecule has 1 amide bonds. The van der Waals surface area contributed by atoms with Crippen LogP contribution in [0.4, 0.5) is 0 Å². The van der Waals surface area contributed by atoms with Crippen LogP contribution in [-0.2, 0) is 14.8 Å². The van der Waals surface area contributed by atoms with E-state index in [2.05, 4.69) is 18.6 Å². The van der Waals surface area contributed by atoms with E-state index >= 15 is 0 Å². The van der Waals surface area contributed by atoms with Crippen LogP contribution in [0.25, 0.3) is 0 Å². The van der Waals surface area contributed by atoms with Gasteiger partial charge < -0.3 is 15.4 Å². The summed E-state index contributed by atoms with van der Waals surface area (Å²) in [6, 6.07) is 6.18. The minimum Gasteiger partial charge on any atom is -0.377 e. The van der Waals surface area contributed by atoms with Crippen LogP contribution in [0.5, 0.6) is 0 Å². The van der Waals surface area contributed by atoms with Crippen LogP contribution >= 0.6 is 0 Å². The minimum absolute atomic E-state index is 0.0607. The number of nitrogens with two attached hydrogens (primary N) is 1. The average molecular weight is 396 g/mol. The van der Waals surface area contributed by atoms with Gasteiger partial charge in [-0.05, 0) is 48.9 Å². The molecule has 2 saturated heterocycles. The molecule has 150 valence electrons. The SMILES string of the molecule is CC1(C)CN(C(=O)c2ccc(S(=O)(=O)NCC3CCCO3)cc2)CCC1N. The number of nitrogens with zero attached hydrogens (tertiary/aromatic N) is 1. The molecule has 2 heterocycles. The van der Waals surface area contributed by atoms with Gasteiger partial charge in [-0.15, -0.1) is 0 Å². The highest BCUT2D eigenvalue weighted by atomic mass is 32.2. The summed E-state index contributed by atoms with van der Waals surface area (Å²) in [7, 11) is -3.61. The van der Waals surface area contributed by atoms with Crippen LogP contribution in [0.15, 0.2) is 29.2 Å². The van der Waals surface area contributed by atoms with Crippen molar-refractivity contribution in [1.29, 1.82) is 0 Å². The quantitative estimate of drug-likeness (QED) is 0.783. The molecule has 1 aromatic carbocycles. The number of hydrogen-bond donors (Lipinski definition) is 2. The maximum absolute atomic E-state index is 12.8. The Labute approximate surface area is 161 Å². The fraction of sp³-hybridized carbons (Fsp3) is 0.632. The van der Waals surface area contributed by atoms with Gasteiger partial charge in [-0.3, -0.25) is 4.79 Å². The zero-order valence-corrected chi connectivity index (χ0v) is 16.8. The highest BCUT2D eigenvalue weighted by Crippen LogP contribution is 2.28. The Bertz CT molecular complexity index is 771. The molecule has 0 radical (unpaired) electrons. The molecule has 0 bridgehead atoms. The monoisotopic (exact) mass is 395 g/mol. The molecule has 2 fully saturated rings. The number of likely N-dealkylation sites (tertiary alicyclic amines) is 1. The van der Waals surface area contributed by atoms with Gasteiger partial charge in [-0.1, -0.05) is 13.8 Å². The van der Waals surface area contributed by atoms with Gasteiger partial charge >= 0.3 is 0 Å². The predicted octanol–water partition coefficient (Wildman–Crippen LogP) is 1.34. The lowest BCUT2D eigenvalue weighted by atomic mass is 9.79. The lowest BCUT2D eigenvalue weighted by Gasteiger charge is -2.42. The second kappa shape index (κ2) is 7.87. The predicted molar refractivity (Wildman–Crippen MR) is 103 cm³/mol. The fourth-order valence-electron chi connectivity index (χ4n) is 3.60. The third kappa shape index (κ3) is 4.68. The molecule has 27 heavy (non-hydrogen) atoms. The van der Waals surface area contributed by atoms with Crippen molar-refractivity contribution in [2.24, 2.45) is 11.1 Å². The summed E-state index contributed by atoms with van der Waals surface area (Å²) in [5, 5.41) is 0. The molecule has 2 atom stereocenters. The number of rotatable bonds is 5. The lowest BCUT2D eigenvalue weighted by molar-refractivity contribution is 0.0533. The Morgan fingerprint density at radius 3 is 2.59 bits per heavy atom. The first-order chi connectivity index (χ1) is 12.7. The van der Waals surface area contributed by atoms with Crippen LogP contribution in [0.1, 0.15) is 43.5 Å². The second-order valence-corrected chi connectivity index (χ2v) is 9.89. The molecule has 3 N–H and O–H groups in total. The summed E-state index contributed by atoms with van der Waals surface area (Å²) in [5.41, 5.74) is 6.48. The molecule has 2 unspecified atom stereocenters. The van der Waals surface area contributed by atoms with E-state index in [0.717, 1.165) is 19.3 Å². The largest absolute Gasteiger partial charge is 0.377 e. The summed E-state index contributed by atoms with van der Waals surface area (Å²) in [4.78, 5) is 14.7. The first-order valence-corrected chi connectivity index (χ1v) is 10.9. The summed E-state index contributed by atoms with van der Waals surface area (Å²) in [6.45, 7) is 6.29. The molecule has 8 heteroatoms. The number of nitrogens with one attached hydrogen (secondary N) is 1. The maximum atomic E-state index is 12.8. The van der Waals surface area contributed by atoms with Crippen molar-refractivity contribution in [1.82, 2.24) is 9.62 Å². The van der Waals surface area contributed by atoms with Crippen LogP contribution in [0, 0.1) is 5.41 Å². The zero-order chi connectivity index (χ0) is 19.7. The third-order valence-electron chi connectivity index (χ3n) is 5.54. The van der Waals surface area contributed by atoms with Crippen LogP contribution in [0.2, 0.25) is 0 Å². The van der Waals surface area contributed by atoms with Gasteiger partial charge in [0.25, 0.3) is 5.91 Å². The highest BCUT2D eigenvalue weighted by Gasteiger charge is 2.35. The van der Waals surface area contributed by atoms with E-state index in [9.17, 15) is 13.2 Å². The normalized spacial score (nSPS) is 25.5. The van der Waals surface area contributed by atoms with Gasteiger partial charge in [0, 0.05) is 37.8 Å². The first kappa shape index (κ1) is 20.3. The first-order valence-electron chi connectivity index (χ1n) is 9.45. The van der Waals surface area contributed by atoms with Gasteiger partial charge in [-0.2, -0.15) is 0 Å². The Morgan fingerprint density at radius 1 is 1.30 bits per heavy atom. The molecule has 1 aromatic rings. The molecule has 0 spiro atoms. The summed E-state index contributed by atoms with van der Waals surface area (Å²) in [5.74, 6) is -0.0914. The molecular weight excluding hydrogens is 366 g/mol. The summed E-state index contributed by atoms with van der Waals surface area (Å²) < 4.78 is 32.9. The smallest absolute Gasteiger partial charge is 0.253 e. The van der Waals surface area contributed by atoms with E-state index in [1.54, 1.807) is 17.0 Å². The molecule has 7 nitrogen and oxygen atoms in total. The molecule has 3 rings (SSSR count). The molecule has 2 aliphatic heterocycles. The average Bonchev–Trinajstić information content (AvgIpc) is 3.15.